The Labute approximate surface area is 837 Å². The van der Waals surface area contributed by atoms with Gasteiger partial charge in [-0.05, 0) is 235 Å². The summed E-state index contributed by atoms with van der Waals surface area (Å²) >= 11 is 0. The molecule has 16 aromatic rings. The molecule has 0 unspecified atom stereocenters. The minimum absolute atomic E-state index is 0. The van der Waals surface area contributed by atoms with Gasteiger partial charge in [-0.3, -0.25) is 39.9 Å². The van der Waals surface area contributed by atoms with E-state index in [1.807, 2.05) is 341 Å². The van der Waals surface area contributed by atoms with Gasteiger partial charge < -0.3 is 88.0 Å². The Kier molecular flexibility index (Phi) is 55.1. The maximum Gasteiger partial charge on any atom is 2.00 e. The minimum atomic E-state index is -6.00. The summed E-state index contributed by atoms with van der Waals surface area (Å²) in [6.45, 7) is 0. The van der Waals surface area contributed by atoms with E-state index in [0.717, 1.165) is 135 Å². The Balaban J connectivity index is 0.000000779. The number of halogens is 16. The molecular weight excluding hydrogens is 2430 g/mol. The van der Waals surface area contributed by atoms with Crippen molar-refractivity contribution in [3.05, 3.63) is 390 Å². The zero-order valence-corrected chi connectivity index (χ0v) is 77.5. The number of hydrogen-bond donors (Lipinski definition) is 0. The second kappa shape index (κ2) is 60.5. The fourth-order valence-corrected chi connectivity index (χ4v) is 10.5. The van der Waals surface area contributed by atoms with E-state index in [1.165, 1.54) is 0 Å². The second-order valence-electron chi connectivity index (χ2n) is 24.5. The molecule has 0 amide bonds. The standard InChI is InChI=1S/4C22H16N2O.4BF4.8Pd/c4*1-3-19(15-23-13-1)17-5-9-21(10-6-17)25-22-11-7-18(8-12-22)20-4-2-14-24-16-20;4*2-1(3,4)5;;;;;;;;/h4*1-16H;;;;;;;;;;;;/q;;;;4*-1;8*+2. The molecule has 0 saturated carbocycles. The van der Waals surface area contributed by atoms with Crippen molar-refractivity contribution >= 4 is 29.0 Å². The summed E-state index contributed by atoms with van der Waals surface area (Å²) in [4.78, 5) is 33.2. The van der Waals surface area contributed by atoms with Crippen LogP contribution in [0.5, 0.6) is 46.0 Å². The number of ether oxygens (including phenoxy) is 4. The van der Waals surface area contributed by atoms with Crippen molar-refractivity contribution in [3.63, 3.8) is 0 Å². The second-order valence-corrected chi connectivity index (χ2v) is 24.5. The van der Waals surface area contributed by atoms with Crippen LogP contribution >= 0.6 is 0 Å². The van der Waals surface area contributed by atoms with Gasteiger partial charge in [0.05, 0.1) is 0 Å². The van der Waals surface area contributed by atoms with Crippen LogP contribution in [0.3, 0.4) is 0 Å². The molecule has 0 radical (unpaired) electrons. The van der Waals surface area contributed by atoms with Crippen molar-refractivity contribution in [2.24, 2.45) is 0 Å². The minimum Gasteiger partial charge on any atom is -0.457 e. The Morgan fingerprint density at radius 1 is 0.133 bits per heavy atom. The van der Waals surface area contributed by atoms with Crippen molar-refractivity contribution in [1.82, 2.24) is 39.9 Å². The third kappa shape index (κ3) is 46.7. The van der Waals surface area contributed by atoms with Gasteiger partial charge in [0.2, 0.25) is 0 Å². The third-order valence-corrected chi connectivity index (χ3v) is 15.7. The van der Waals surface area contributed by atoms with E-state index in [-0.39, 0.29) is 163 Å². The number of aromatic nitrogens is 8. The molecule has 40 heteroatoms. The average molecular weight is 2500 g/mol. The van der Waals surface area contributed by atoms with Crippen LogP contribution < -0.4 is 18.9 Å². The molecule has 0 bridgehead atoms. The number of benzene rings is 8. The monoisotopic (exact) mass is 2490 g/mol. The zero-order chi connectivity index (χ0) is 85.6. The third-order valence-electron chi connectivity index (χ3n) is 15.7. The molecule has 16 rings (SSSR count). The first-order chi connectivity index (χ1) is 57.5. The van der Waals surface area contributed by atoms with Crippen LogP contribution in [0.2, 0.25) is 0 Å². The number of pyridine rings is 8. The van der Waals surface area contributed by atoms with Crippen molar-refractivity contribution in [1.29, 1.82) is 0 Å². The quantitative estimate of drug-likeness (QED) is 0.0672. The summed E-state index contributed by atoms with van der Waals surface area (Å²) in [5.41, 5.74) is 17.7. The van der Waals surface area contributed by atoms with E-state index in [1.54, 1.807) is 49.6 Å². The predicted molar refractivity (Wildman–Crippen MR) is 438 cm³/mol. The van der Waals surface area contributed by atoms with Gasteiger partial charge in [0.15, 0.2) is 0 Å². The van der Waals surface area contributed by atoms with Crippen LogP contribution in [0.25, 0.3) is 89.0 Å². The number of rotatable bonds is 16. The molecule has 128 heavy (non-hydrogen) atoms. The van der Waals surface area contributed by atoms with E-state index < -0.39 is 29.0 Å². The van der Waals surface area contributed by atoms with Gasteiger partial charge >= 0.3 is 192 Å². The van der Waals surface area contributed by atoms with E-state index in [2.05, 4.69) is 39.9 Å². The van der Waals surface area contributed by atoms with Gasteiger partial charge in [-0.1, -0.05) is 146 Å². The van der Waals surface area contributed by atoms with Crippen molar-refractivity contribution < 1.29 is 251 Å². The van der Waals surface area contributed by atoms with Crippen LogP contribution in [0, 0.1) is 0 Å². The maximum atomic E-state index is 9.75. The topological polar surface area (TPSA) is 140 Å². The van der Waals surface area contributed by atoms with E-state index >= 15 is 0 Å². The summed E-state index contributed by atoms with van der Waals surface area (Å²) in [6, 6.07) is 95.9. The van der Waals surface area contributed by atoms with Gasteiger partial charge in [0.1, 0.15) is 46.0 Å². The van der Waals surface area contributed by atoms with Gasteiger partial charge in [0.25, 0.3) is 0 Å². The molecule has 672 valence electrons. The molecule has 8 aromatic carbocycles. The largest absolute Gasteiger partial charge is 2.00 e. The smallest absolute Gasteiger partial charge is 0.457 e. The van der Waals surface area contributed by atoms with Crippen LogP contribution in [-0.4, -0.2) is 68.9 Å². The molecular formula is C88H64B4F16N8O4Pd8+12. The zero-order valence-electron chi connectivity index (χ0n) is 65.0. The average Bonchev–Trinajstić information content (AvgIpc) is 0.843. The van der Waals surface area contributed by atoms with Crippen molar-refractivity contribution in [2.45, 2.75) is 0 Å². The molecule has 0 aliphatic heterocycles. The van der Waals surface area contributed by atoms with Crippen LogP contribution in [0.15, 0.2) is 390 Å². The first-order valence-corrected chi connectivity index (χ1v) is 35.8. The molecule has 0 saturated heterocycles. The SMILES string of the molecule is F[B-](F)(F)F.F[B-](F)(F)F.F[B-](F)(F)F.F[B-](F)(F)F.[Pd+2].[Pd+2].[Pd+2].[Pd+2].[Pd+2].[Pd+2].[Pd+2].[Pd+2].c1cncc(-c2ccc(Oc3ccc(-c4cccnc4)cc3)cc2)c1.c1cncc(-c2ccc(Oc3ccc(-c4cccnc4)cc3)cc2)c1.c1cncc(-c2ccc(Oc3ccc(-c4cccnc4)cc3)cc2)c1.c1cncc(-c2ccc(Oc3ccc(-c4cccnc4)cc3)cc2)c1. The predicted octanol–water partition coefficient (Wildman–Crippen LogP) is 27.6. The summed E-state index contributed by atoms with van der Waals surface area (Å²) < 4.78 is 180. The Hall–Kier alpha value is -9.40. The summed E-state index contributed by atoms with van der Waals surface area (Å²) in [5, 5.41) is 0. The summed E-state index contributed by atoms with van der Waals surface area (Å²) in [7, 11) is -24.0. The van der Waals surface area contributed by atoms with Crippen molar-refractivity contribution in [3.8, 4) is 135 Å². The van der Waals surface area contributed by atoms with Crippen LogP contribution in [-0.2, 0) is 163 Å². The van der Waals surface area contributed by atoms with Crippen LogP contribution in [0.4, 0.5) is 69.1 Å². The molecule has 8 heterocycles. The molecule has 0 N–H and O–H groups in total. The fraction of sp³-hybridized carbons (Fsp3) is 0. The van der Waals surface area contributed by atoms with Gasteiger partial charge in [-0.15, -0.1) is 0 Å². The van der Waals surface area contributed by atoms with Gasteiger partial charge in [0, 0.05) is 99.1 Å². The number of hydrogen-bond acceptors (Lipinski definition) is 12. The first kappa shape index (κ1) is 117. The Morgan fingerprint density at radius 3 is 0.289 bits per heavy atom. The summed E-state index contributed by atoms with van der Waals surface area (Å²) in [6.07, 6.45) is 29.0. The summed E-state index contributed by atoms with van der Waals surface area (Å²) in [5.74, 6) is 6.46. The van der Waals surface area contributed by atoms with E-state index in [4.69, 9.17) is 18.9 Å². The fourth-order valence-electron chi connectivity index (χ4n) is 10.5. The Bertz CT molecular complexity index is 4570. The molecule has 8 aromatic heterocycles. The molecule has 0 aliphatic carbocycles. The molecule has 12 nitrogen and oxygen atoms in total. The molecule has 0 aliphatic rings. The Morgan fingerprint density at radius 2 is 0.219 bits per heavy atom. The normalized spacial score (nSPS) is 10.0. The van der Waals surface area contributed by atoms with Gasteiger partial charge in [-0.25, -0.2) is 0 Å². The molecule has 0 atom stereocenters. The molecule has 0 spiro atoms. The first-order valence-electron chi connectivity index (χ1n) is 35.8. The number of nitrogens with zero attached hydrogens (tertiary/aromatic N) is 8. The van der Waals surface area contributed by atoms with Crippen LogP contribution in [0.1, 0.15) is 0 Å². The van der Waals surface area contributed by atoms with Gasteiger partial charge in [-0.2, -0.15) is 0 Å². The van der Waals surface area contributed by atoms with E-state index in [0.29, 0.717) is 0 Å². The molecule has 0 fully saturated rings. The maximum absolute atomic E-state index is 9.75. The van der Waals surface area contributed by atoms with E-state index in [9.17, 15) is 69.1 Å². The van der Waals surface area contributed by atoms with Crippen molar-refractivity contribution in [2.75, 3.05) is 0 Å².